The fourth-order valence-corrected chi connectivity index (χ4v) is 8.49. The molecule has 0 aromatic heterocycles. The van der Waals surface area contributed by atoms with Gasteiger partial charge in [0.15, 0.2) is 0 Å². The molecule has 0 aliphatic heterocycles. The number of hydrogen-bond donors (Lipinski definition) is 3. The van der Waals surface area contributed by atoms with E-state index in [0.717, 1.165) is 49.7 Å². The SMILES string of the molecule is CCCCC(CC)CC(c1cc(C2(C)CCCCC2C)ccc1O)c1cc(C2(C)CCCCC2C)ccc1OP(O)O. The maximum absolute atomic E-state index is 11.5. The van der Waals surface area contributed by atoms with Crippen LogP contribution in [0.2, 0.25) is 0 Å². The van der Waals surface area contributed by atoms with Crippen molar-refractivity contribution in [3.8, 4) is 11.5 Å². The lowest BCUT2D eigenvalue weighted by atomic mass is 9.63. The summed E-state index contributed by atoms with van der Waals surface area (Å²) in [6, 6.07) is 12.7. The van der Waals surface area contributed by atoms with Crippen LogP contribution in [0.15, 0.2) is 36.4 Å². The van der Waals surface area contributed by atoms with E-state index in [1.165, 1.54) is 56.1 Å². The molecule has 5 heteroatoms. The number of aromatic hydroxyl groups is 1. The molecule has 0 saturated heterocycles. The van der Waals surface area contributed by atoms with Crippen molar-refractivity contribution in [1.29, 1.82) is 0 Å². The molecular weight excluding hydrogens is 539 g/mol. The summed E-state index contributed by atoms with van der Waals surface area (Å²) in [6.07, 6.45) is 15.3. The van der Waals surface area contributed by atoms with Gasteiger partial charge in [-0.2, -0.15) is 0 Å². The van der Waals surface area contributed by atoms with Crippen molar-refractivity contribution in [2.45, 2.75) is 142 Å². The van der Waals surface area contributed by atoms with Crippen molar-refractivity contribution in [3.05, 3.63) is 58.7 Å². The number of benzene rings is 2. The summed E-state index contributed by atoms with van der Waals surface area (Å²) >= 11 is 0. The van der Waals surface area contributed by atoms with E-state index in [4.69, 9.17) is 4.52 Å². The third-order valence-electron chi connectivity index (χ3n) is 11.7. The number of hydrogen-bond acceptors (Lipinski definition) is 4. The second-order valence-corrected chi connectivity index (χ2v) is 14.9. The maximum Gasteiger partial charge on any atom is 0.391 e. The van der Waals surface area contributed by atoms with Gasteiger partial charge in [0.1, 0.15) is 11.5 Å². The van der Waals surface area contributed by atoms with E-state index < -0.39 is 8.60 Å². The first-order valence-electron chi connectivity index (χ1n) is 16.9. The largest absolute Gasteiger partial charge is 0.508 e. The first-order chi connectivity index (χ1) is 20.0. The van der Waals surface area contributed by atoms with Gasteiger partial charge in [-0.1, -0.05) is 117 Å². The van der Waals surface area contributed by atoms with Crippen LogP contribution in [-0.2, 0) is 10.8 Å². The fraction of sp³-hybridized carbons (Fsp3) is 0.676. The van der Waals surface area contributed by atoms with Gasteiger partial charge >= 0.3 is 8.60 Å². The van der Waals surface area contributed by atoms with Crippen LogP contribution in [0.4, 0.5) is 0 Å². The highest BCUT2D eigenvalue weighted by atomic mass is 31.2. The molecule has 2 aromatic rings. The van der Waals surface area contributed by atoms with Crippen LogP contribution in [0.5, 0.6) is 11.5 Å². The molecule has 2 saturated carbocycles. The molecule has 0 amide bonds. The monoisotopic (exact) mass is 596 g/mol. The molecule has 6 unspecified atom stereocenters. The van der Waals surface area contributed by atoms with E-state index in [2.05, 4.69) is 65.8 Å². The summed E-state index contributed by atoms with van der Waals surface area (Å²) in [6.45, 7) is 14.1. The quantitative estimate of drug-likeness (QED) is 0.213. The molecule has 4 nitrogen and oxygen atoms in total. The topological polar surface area (TPSA) is 69.9 Å². The summed E-state index contributed by atoms with van der Waals surface area (Å²) in [4.78, 5) is 20.0. The van der Waals surface area contributed by atoms with E-state index in [9.17, 15) is 14.9 Å². The van der Waals surface area contributed by atoms with Crippen LogP contribution >= 0.6 is 8.60 Å². The van der Waals surface area contributed by atoms with Crippen LogP contribution in [0.3, 0.4) is 0 Å². The van der Waals surface area contributed by atoms with Gasteiger partial charge < -0.3 is 19.4 Å². The van der Waals surface area contributed by atoms with E-state index in [0.29, 0.717) is 29.3 Å². The van der Waals surface area contributed by atoms with Crippen molar-refractivity contribution in [1.82, 2.24) is 0 Å². The minimum absolute atomic E-state index is 0.0561. The van der Waals surface area contributed by atoms with Crippen LogP contribution in [0.1, 0.15) is 153 Å². The number of rotatable bonds is 12. The summed E-state index contributed by atoms with van der Waals surface area (Å²) in [5, 5.41) is 11.5. The lowest BCUT2D eigenvalue weighted by Crippen LogP contribution is -2.33. The van der Waals surface area contributed by atoms with Gasteiger partial charge in [0.05, 0.1) is 0 Å². The molecular formula is C37H57O4P. The van der Waals surface area contributed by atoms with Gasteiger partial charge in [0.2, 0.25) is 0 Å². The molecule has 6 atom stereocenters. The summed E-state index contributed by atoms with van der Waals surface area (Å²) in [5.74, 6) is 2.38. The zero-order chi connectivity index (χ0) is 30.5. The molecule has 0 radical (unpaired) electrons. The predicted octanol–water partition coefficient (Wildman–Crippen LogP) is 10.7. The van der Waals surface area contributed by atoms with Gasteiger partial charge in [-0.25, -0.2) is 0 Å². The summed E-state index contributed by atoms with van der Waals surface area (Å²) in [5.41, 5.74) is 4.67. The third kappa shape index (κ3) is 7.19. The second kappa shape index (κ2) is 14.4. The maximum atomic E-state index is 11.5. The van der Waals surface area contributed by atoms with Crippen LogP contribution in [0.25, 0.3) is 0 Å². The van der Waals surface area contributed by atoms with Crippen molar-refractivity contribution in [2.75, 3.05) is 0 Å². The molecule has 2 aliphatic carbocycles. The number of unbranched alkanes of at least 4 members (excludes halogenated alkanes) is 1. The molecule has 2 aliphatic rings. The minimum Gasteiger partial charge on any atom is -0.508 e. The Bertz CT molecular complexity index is 1160. The van der Waals surface area contributed by atoms with Crippen molar-refractivity contribution < 1.29 is 19.4 Å². The Morgan fingerprint density at radius 1 is 0.857 bits per heavy atom. The molecule has 0 bridgehead atoms. The number of phenolic OH excluding ortho intramolecular Hbond substituents is 1. The molecule has 0 spiro atoms. The molecule has 0 heterocycles. The average molecular weight is 597 g/mol. The third-order valence-corrected chi connectivity index (χ3v) is 12.1. The lowest BCUT2D eigenvalue weighted by molar-refractivity contribution is 0.220. The van der Waals surface area contributed by atoms with E-state index in [-0.39, 0.29) is 16.7 Å². The zero-order valence-corrected chi connectivity index (χ0v) is 28.1. The molecule has 3 N–H and O–H groups in total. The second-order valence-electron chi connectivity index (χ2n) is 14.2. The molecule has 234 valence electrons. The van der Waals surface area contributed by atoms with Crippen molar-refractivity contribution in [2.24, 2.45) is 17.8 Å². The minimum atomic E-state index is -2.57. The van der Waals surface area contributed by atoms with Gasteiger partial charge in [-0.05, 0) is 83.9 Å². The average Bonchev–Trinajstić information content (AvgIpc) is 2.97. The van der Waals surface area contributed by atoms with E-state index >= 15 is 0 Å². The molecule has 42 heavy (non-hydrogen) atoms. The first kappa shape index (κ1) is 33.3. The van der Waals surface area contributed by atoms with Crippen LogP contribution < -0.4 is 4.52 Å². The Morgan fingerprint density at radius 3 is 1.95 bits per heavy atom. The molecule has 2 aromatic carbocycles. The smallest absolute Gasteiger partial charge is 0.391 e. The van der Waals surface area contributed by atoms with Crippen LogP contribution in [-0.4, -0.2) is 14.9 Å². The van der Waals surface area contributed by atoms with Gasteiger partial charge in [0, 0.05) is 17.0 Å². The number of phenols is 1. The highest BCUT2D eigenvalue weighted by Gasteiger charge is 2.38. The fourth-order valence-electron chi connectivity index (χ4n) is 8.15. The standard InChI is InChI=1S/C37H57O4P/c1-7-9-16-28(8-2)23-31(32-24-29(17-19-34(32)38)36(5)21-12-10-14-26(36)3)33-25-30(18-20-35(33)41-42(39)40)37(6)22-13-11-15-27(37)4/h17-20,24-28,31,38-40H,7-16,21-23H2,1-6H3. The van der Waals surface area contributed by atoms with Crippen molar-refractivity contribution in [3.63, 3.8) is 0 Å². The Morgan fingerprint density at radius 2 is 1.43 bits per heavy atom. The van der Waals surface area contributed by atoms with E-state index in [1.54, 1.807) is 0 Å². The summed E-state index contributed by atoms with van der Waals surface area (Å²) < 4.78 is 5.76. The van der Waals surface area contributed by atoms with Crippen molar-refractivity contribution >= 4 is 8.60 Å². The molecule has 2 fully saturated rings. The Balaban J connectivity index is 1.90. The molecule has 4 rings (SSSR count). The van der Waals surface area contributed by atoms with Gasteiger partial charge in [-0.3, -0.25) is 0 Å². The van der Waals surface area contributed by atoms with E-state index in [1.807, 2.05) is 12.1 Å². The van der Waals surface area contributed by atoms with Gasteiger partial charge in [-0.15, -0.1) is 0 Å². The zero-order valence-electron chi connectivity index (χ0n) is 27.2. The first-order valence-corrected chi connectivity index (χ1v) is 18.0. The highest BCUT2D eigenvalue weighted by Crippen LogP contribution is 2.50. The lowest BCUT2D eigenvalue weighted by Gasteiger charge is -2.41. The normalized spacial score (nSPS) is 28.0. The van der Waals surface area contributed by atoms with Gasteiger partial charge in [0.25, 0.3) is 0 Å². The Kier molecular flexibility index (Phi) is 11.4. The highest BCUT2D eigenvalue weighted by molar-refractivity contribution is 7.39. The van der Waals surface area contributed by atoms with Crippen LogP contribution in [0, 0.1) is 17.8 Å². The Labute approximate surface area is 257 Å². The Hall–Kier alpha value is -1.61. The summed E-state index contributed by atoms with van der Waals surface area (Å²) in [7, 11) is -2.57. The predicted molar refractivity (Wildman–Crippen MR) is 176 cm³/mol.